The van der Waals surface area contributed by atoms with E-state index in [4.69, 9.17) is 0 Å². The summed E-state index contributed by atoms with van der Waals surface area (Å²) in [7, 11) is 1.86. The lowest BCUT2D eigenvalue weighted by Crippen LogP contribution is -2.33. The molecule has 0 bridgehead atoms. The summed E-state index contributed by atoms with van der Waals surface area (Å²) in [5, 5.41) is 18.2. The van der Waals surface area contributed by atoms with E-state index in [9.17, 15) is 0 Å². The molecule has 3 heterocycles. The van der Waals surface area contributed by atoms with Crippen LogP contribution in [0.2, 0.25) is 0 Å². The van der Waals surface area contributed by atoms with Gasteiger partial charge in [0.15, 0.2) is 5.03 Å². The normalized spacial score (nSPS) is 19.7. The SMILES string of the molecule is CCc1cc2[nH]ncc2cc1C1(Cc2ccccc2)CCN(Sc2cnn(C)n2)C1. The van der Waals surface area contributed by atoms with Gasteiger partial charge in [-0.3, -0.25) is 5.10 Å². The van der Waals surface area contributed by atoms with Gasteiger partial charge in [-0.05, 0) is 60.0 Å². The summed E-state index contributed by atoms with van der Waals surface area (Å²) in [6.07, 6.45) is 6.94. The van der Waals surface area contributed by atoms with Gasteiger partial charge in [0.1, 0.15) is 0 Å². The van der Waals surface area contributed by atoms with Gasteiger partial charge in [-0.15, -0.1) is 5.10 Å². The third-order valence-electron chi connectivity index (χ3n) is 6.12. The highest BCUT2D eigenvalue weighted by Gasteiger charge is 2.41. The number of hydrogen-bond acceptors (Lipinski definition) is 5. The summed E-state index contributed by atoms with van der Waals surface area (Å²) in [6.45, 7) is 4.26. The largest absolute Gasteiger partial charge is 0.278 e. The zero-order valence-corrected chi connectivity index (χ0v) is 18.2. The molecule has 1 saturated heterocycles. The number of aromatic amines is 1. The van der Waals surface area contributed by atoms with Gasteiger partial charge in [-0.1, -0.05) is 37.3 Å². The topological polar surface area (TPSA) is 62.6 Å². The molecule has 0 radical (unpaired) electrons. The number of H-pyrrole nitrogens is 1. The van der Waals surface area contributed by atoms with Gasteiger partial charge in [0, 0.05) is 30.9 Å². The molecule has 1 fully saturated rings. The molecule has 1 aliphatic rings. The van der Waals surface area contributed by atoms with Crippen LogP contribution in [0.15, 0.2) is 59.9 Å². The van der Waals surface area contributed by atoms with Crippen LogP contribution in [0.5, 0.6) is 0 Å². The maximum atomic E-state index is 4.46. The maximum Gasteiger partial charge on any atom is 0.153 e. The molecule has 6 nitrogen and oxygen atoms in total. The summed E-state index contributed by atoms with van der Waals surface area (Å²) in [5.74, 6) is 0. The standard InChI is InChI=1S/C23H26N6S/c1-3-18-12-21-19(14-24-26-21)11-20(18)23(13-17-7-5-4-6-8-17)9-10-29(16-23)30-22-15-25-28(2)27-22/h4-8,11-12,14-15H,3,9-10,13,16H2,1-2H3,(H,24,26). The Balaban J connectivity index is 1.54. The molecule has 1 aliphatic heterocycles. The molecule has 1 N–H and O–H groups in total. The molecular weight excluding hydrogens is 392 g/mol. The molecule has 0 saturated carbocycles. The van der Waals surface area contributed by atoms with E-state index >= 15 is 0 Å². The Kier molecular flexibility index (Phi) is 5.08. The van der Waals surface area contributed by atoms with Gasteiger partial charge in [0.2, 0.25) is 0 Å². The first-order chi connectivity index (χ1) is 14.6. The van der Waals surface area contributed by atoms with Crippen LogP contribution in [0.4, 0.5) is 0 Å². The number of aryl methyl sites for hydroxylation is 2. The minimum absolute atomic E-state index is 0.0629. The molecule has 2 aromatic heterocycles. The molecule has 1 unspecified atom stereocenters. The van der Waals surface area contributed by atoms with Crippen LogP contribution in [-0.4, -0.2) is 42.6 Å². The summed E-state index contributed by atoms with van der Waals surface area (Å²) in [5.41, 5.74) is 5.44. The third-order valence-corrected chi connectivity index (χ3v) is 7.07. The van der Waals surface area contributed by atoms with Crippen molar-refractivity contribution in [3.8, 4) is 0 Å². The van der Waals surface area contributed by atoms with E-state index in [2.05, 4.69) is 74.1 Å². The van der Waals surface area contributed by atoms with Gasteiger partial charge in [-0.2, -0.15) is 15.0 Å². The molecule has 154 valence electrons. The second-order valence-corrected chi connectivity index (χ2v) is 9.26. The monoisotopic (exact) mass is 418 g/mol. The Hall–Kier alpha value is -2.64. The van der Waals surface area contributed by atoms with E-state index in [1.165, 1.54) is 22.1 Å². The second kappa shape index (κ2) is 7.89. The average molecular weight is 419 g/mol. The minimum Gasteiger partial charge on any atom is -0.278 e. The van der Waals surface area contributed by atoms with Crippen LogP contribution in [-0.2, 0) is 25.3 Å². The molecule has 0 spiro atoms. The zero-order chi connectivity index (χ0) is 20.6. The summed E-state index contributed by atoms with van der Waals surface area (Å²) < 4.78 is 2.45. The van der Waals surface area contributed by atoms with Crippen molar-refractivity contribution in [3.05, 3.63) is 71.5 Å². The average Bonchev–Trinajstić information content (AvgIpc) is 3.48. The van der Waals surface area contributed by atoms with Crippen molar-refractivity contribution in [2.24, 2.45) is 7.05 Å². The lowest BCUT2D eigenvalue weighted by molar-refractivity contribution is 0.435. The predicted octanol–water partition coefficient (Wildman–Crippen LogP) is 4.15. The zero-order valence-electron chi connectivity index (χ0n) is 17.4. The number of fused-ring (bicyclic) bond motifs is 1. The number of nitrogens with zero attached hydrogens (tertiary/aromatic N) is 5. The Morgan fingerprint density at radius 3 is 2.80 bits per heavy atom. The van der Waals surface area contributed by atoms with E-state index in [0.717, 1.165) is 42.9 Å². The molecule has 2 aromatic carbocycles. The van der Waals surface area contributed by atoms with E-state index in [1.807, 2.05) is 19.4 Å². The molecule has 30 heavy (non-hydrogen) atoms. The van der Waals surface area contributed by atoms with E-state index < -0.39 is 0 Å². The van der Waals surface area contributed by atoms with E-state index in [1.54, 1.807) is 16.7 Å². The fraction of sp³-hybridized carbons (Fsp3) is 0.348. The highest BCUT2D eigenvalue weighted by Crippen LogP contribution is 2.43. The first-order valence-corrected chi connectivity index (χ1v) is 11.2. The highest BCUT2D eigenvalue weighted by atomic mass is 32.2. The van der Waals surface area contributed by atoms with Crippen LogP contribution in [0.25, 0.3) is 10.9 Å². The molecule has 0 amide bonds. The van der Waals surface area contributed by atoms with Crippen LogP contribution in [0.3, 0.4) is 0 Å². The number of rotatable bonds is 6. The number of aromatic nitrogens is 5. The van der Waals surface area contributed by atoms with Gasteiger partial charge >= 0.3 is 0 Å². The lowest BCUT2D eigenvalue weighted by Gasteiger charge is -2.32. The number of hydrogen-bond donors (Lipinski definition) is 1. The fourth-order valence-electron chi connectivity index (χ4n) is 4.68. The predicted molar refractivity (Wildman–Crippen MR) is 120 cm³/mol. The summed E-state index contributed by atoms with van der Waals surface area (Å²) >= 11 is 1.72. The van der Waals surface area contributed by atoms with Crippen molar-refractivity contribution in [3.63, 3.8) is 0 Å². The Morgan fingerprint density at radius 1 is 1.17 bits per heavy atom. The smallest absolute Gasteiger partial charge is 0.153 e. The first kappa shape index (κ1) is 19.3. The fourth-order valence-corrected chi connectivity index (χ4v) is 5.69. The van der Waals surface area contributed by atoms with E-state index in [0.29, 0.717) is 0 Å². The highest BCUT2D eigenvalue weighted by molar-refractivity contribution is 7.97. The molecule has 7 heteroatoms. The lowest BCUT2D eigenvalue weighted by atomic mass is 9.72. The van der Waals surface area contributed by atoms with E-state index in [-0.39, 0.29) is 5.41 Å². The molecule has 5 rings (SSSR count). The van der Waals surface area contributed by atoms with Crippen LogP contribution >= 0.6 is 11.9 Å². The third kappa shape index (κ3) is 3.63. The van der Waals surface area contributed by atoms with Crippen molar-refractivity contribution >= 4 is 22.9 Å². The van der Waals surface area contributed by atoms with Crippen molar-refractivity contribution in [2.45, 2.75) is 36.6 Å². The number of benzene rings is 2. The van der Waals surface area contributed by atoms with Crippen LogP contribution in [0.1, 0.15) is 30.0 Å². The Labute approximate surface area is 180 Å². The van der Waals surface area contributed by atoms with Gasteiger partial charge in [0.05, 0.1) is 17.9 Å². The second-order valence-electron chi connectivity index (χ2n) is 8.14. The first-order valence-electron chi connectivity index (χ1n) is 10.4. The molecule has 0 aliphatic carbocycles. The maximum absolute atomic E-state index is 4.46. The van der Waals surface area contributed by atoms with Crippen molar-refractivity contribution in [1.82, 2.24) is 29.5 Å². The molecule has 1 atom stereocenters. The Bertz CT molecular complexity index is 1150. The van der Waals surface area contributed by atoms with Gasteiger partial charge < -0.3 is 0 Å². The molecular formula is C23H26N6S. The van der Waals surface area contributed by atoms with Crippen molar-refractivity contribution in [1.29, 1.82) is 0 Å². The van der Waals surface area contributed by atoms with Crippen molar-refractivity contribution < 1.29 is 0 Å². The number of nitrogens with one attached hydrogen (secondary N) is 1. The Morgan fingerprint density at radius 2 is 2.03 bits per heavy atom. The summed E-state index contributed by atoms with van der Waals surface area (Å²) in [6, 6.07) is 15.6. The summed E-state index contributed by atoms with van der Waals surface area (Å²) in [4.78, 5) is 1.62. The van der Waals surface area contributed by atoms with Gasteiger partial charge in [0.25, 0.3) is 0 Å². The van der Waals surface area contributed by atoms with Crippen molar-refractivity contribution in [2.75, 3.05) is 13.1 Å². The molecule has 4 aromatic rings. The quantitative estimate of drug-likeness (QED) is 0.477. The van der Waals surface area contributed by atoms with Crippen LogP contribution in [0, 0.1) is 0 Å². The van der Waals surface area contributed by atoms with Crippen LogP contribution < -0.4 is 0 Å². The minimum atomic E-state index is 0.0629. The van der Waals surface area contributed by atoms with Gasteiger partial charge in [-0.25, -0.2) is 4.31 Å².